The average Bonchev–Trinajstić information content (AvgIpc) is 0.811. The molecule has 0 heterocycles. The van der Waals surface area contributed by atoms with E-state index in [0.29, 0.717) is 0 Å². The molecule has 0 unspecified atom stereocenters. The van der Waals surface area contributed by atoms with Crippen LogP contribution in [0.3, 0.4) is 0 Å². The number of carboxylic acids is 1. The fraction of sp³-hybridized carbons (Fsp3) is 0.500. The van der Waals surface area contributed by atoms with Crippen molar-refractivity contribution in [3.8, 4) is 0 Å². The second kappa shape index (κ2) is 9.16. The average molecular weight is 217 g/mol. The van der Waals surface area contributed by atoms with Crippen LogP contribution in [0.25, 0.3) is 0 Å². The molecule has 6 heavy (non-hydrogen) atoms. The van der Waals surface area contributed by atoms with E-state index in [4.69, 9.17) is 9.90 Å². The van der Waals surface area contributed by atoms with Crippen LogP contribution < -0.4 is 0 Å². The van der Waals surface area contributed by atoms with Gasteiger partial charge in [-0.05, 0) is 0 Å². The Morgan fingerprint density at radius 2 is 1.67 bits per heavy atom. The van der Waals surface area contributed by atoms with Crippen molar-refractivity contribution >= 4 is 5.97 Å². The Labute approximate surface area is 63.6 Å². The fourth-order valence-corrected chi connectivity index (χ4v) is 0. The van der Waals surface area contributed by atoms with Crippen LogP contribution in [0.1, 0.15) is 6.92 Å². The summed E-state index contributed by atoms with van der Waals surface area (Å²) in [6.45, 7) is 1.08. The maximum atomic E-state index is 9.00. The van der Waals surface area contributed by atoms with Gasteiger partial charge in [0.15, 0.2) is 0 Å². The van der Waals surface area contributed by atoms with Crippen LogP contribution in [0, 0.1) is 35.6 Å². The van der Waals surface area contributed by atoms with Crippen molar-refractivity contribution in [1.82, 2.24) is 0 Å². The van der Waals surface area contributed by atoms with Gasteiger partial charge in [0, 0.05) is 6.92 Å². The molecule has 0 aromatic heterocycles. The molecule has 0 fully saturated rings. The molecule has 0 aliphatic heterocycles. The fourth-order valence-electron chi connectivity index (χ4n) is 0. The van der Waals surface area contributed by atoms with E-state index in [0.717, 1.165) is 6.92 Å². The van der Waals surface area contributed by atoms with E-state index < -0.39 is 5.97 Å². The minimum Gasteiger partial charge on any atom is -0.481 e. The predicted octanol–water partition coefficient (Wildman–Crippen LogP) is -0.734. The Bertz CT molecular complexity index is 31.8. The molecule has 0 atom stereocenters. The van der Waals surface area contributed by atoms with Crippen molar-refractivity contribution in [3.05, 3.63) is 0 Å². The van der Waals surface area contributed by atoms with E-state index in [1.807, 2.05) is 0 Å². The van der Waals surface area contributed by atoms with E-state index in [-0.39, 0.29) is 41.1 Å². The third-order valence-electron chi connectivity index (χ3n) is 0. The zero-order chi connectivity index (χ0) is 3.58. The smallest absolute Gasteiger partial charge is 0.481 e. The van der Waals surface area contributed by atoms with Gasteiger partial charge in [-0.3, -0.25) is 4.79 Å². The van der Waals surface area contributed by atoms with Gasteiger partial charge in [-0.2, -0.15) is 0 Å². The predicted molar refractivity (Wildman–Crippen MR) is 16.9 cm³/mol. The minimum absolute atomic E-state index is 0. The molecule has 0 radical (unpaired) electrons. The minimum atomic E-state index is -0.833. The van der Waals surface area contributed by atoms with Gasteiger partial charge in [0.05, 0.1) is 0 Å². The van der Waals surface area contributed by atoms with Crippen LogP contribution >= 0.6 is 0 Å². The van der Waals surface area contributed by atoms with E-state index in [1.165, 1.54) is 0 Å². The third-order valence-corrected chi connectivity index (χ3v) is 0. The number of hydrogen-bond donors (Lipinski definition) is 1. The summed E-state index contributed by atoms with van der Waals surface area (Å²) in [7, 11) is 0. The van der Waals surface area contributed by atoms with E-state index in [2.05, 4.69) is 0 Å². The van der Waals surface area contributed by atoms with Crippen molar-refractivity contribution < 1.29 is 51.0 Å². The van der Waals surface area contributed by atoms with Gasteiger partial charge in [-0.1, -0.05) is 0 Å². The molecule has 0 rings (SSSR count). The number of carbonyl (C=O) groups is 1. The maximum Gasteiger partial charge on any atom is 3.00 e. The molecule has 0 bridgehead atoms. The van der Waals surface area contributed by atoms with Crippen molar-refractivity contribution in [2.24, 2.45) is 0 Å². The standard InChI is InChI=1S/C2H4O2.La.H2O/c1-2(3)4;;/h1H3,(H,3,4);;1H2/q;+3;. The Morgan fingerprint density at radius 3 is 1.67 bits per heavy atom. The first-order valence-electron chi connectivity index (χ1n) is 0.928. The van der Waals surface area contributed by atoms with Crippen LogP contribution in [0.5, 0.6) is 0 Å². The quantitative estimate of drug-likeness (QED) is 0.580. The Balaban J connectivity index is -0.0000000450. The zero-order valence-corrected chi connectivity index (χ0v) is 7.06. The zero-order valence-electron chi connectivity index (χ0n) is 3.43. The van der Waals surface area contributed by atoms with Gasteiger partial charge in [0.1, 0.15) is 0 Å². The molecule has 0 amide bonds. The SMILES string of the molecule is CC(=O)O.O.[La+3]. The monoisotopic (exact) mass is 217 g/mol. The molecule has 4 heteroatoms. The van der Waals surface area contributed by atoms with Crippen molar-refractivity contribution in [3.63, 3.8) is 0 Å². The second-order valence-corrected chi connectivity index (χ2v) is 0.519. The summed E-state index contributed by atoms with van der Waals surface area (Å²) in [5.41, 5.74) is 0. The molecule has 0 aliphatic rings. The molecule has 0 spiro atoms. The van der Waals surface area contributed by atoms with Crippen molar-refractivity contribution in [1.29, 1.82) is 0 Å². The summed E-state index contributed by atoms with van der Waals surface area (Å²) >= 11 is 0. The first kappa shape index (κ1) is 16.0. The van der Waals surface area contributed by atoms with Crippen LogP contribution in [0.15, 0.2) is 0 Å². The van der Waals surface area contributed by atoms with E-state index >= 15 is 0 Å². The van der Waals surface area contributed by atoms with Gasteiger partial charge in [0.25, 0.3) is 5.97 Å². The van der Waals surface area contributed by atoms with Crippen LogP contribution in [-0.4, -0.2) is 16.6 Å². The van der Waals surface area contributed by atoms with Crippen LogP contribution in [-0.2, 0) is 4.79 Å². The summed E-state index contributed by atoms with van der Waals surface area (Å²) in [4.78, 5) is 9.00. The Hall–Kier alpha value is 0.625. The molecule has 0 aromatic rings. The summed E-state index contributed by atoms with van der Waals surface area (Å²) in [6.07, 6.45) is 0. The molecule has 0 aromatic carbocycles. The van der Waals surface area contributed by atoms with E-state index in [9.17, 15) is 0 Å². The van der Waals surface area contributed by atoms with Crippen molar-refractivity contribution in [2.45, 2.75) is 6.92 Å². The normalized spacial score (nSPS) is 4.17. The van der Waals surface area contributed by atoms with Gasteiger partial charge in [-0.15, -0.1) is 0 Å². The summed E-state index contributed by atoms with van der Waals surface area (Å²) in [5, 5.41) is 7.42. The number of hydrogen-bond acceptors (Lipinski definition) is 1. The van der Waals surface area contributed by atoms with E-state index in [1.54, 1.807) is 0 Å². The first-order valence-corrected chi connectivity index (χ1v) is 0.928. The van der Waals surface area contributed by atoms with Crippen LogP contribution in [0.4, 0.5) is 0 Å². The van der Waals surface area contributed by atoms with Gasteiger partial charge < -0.3 is 10.6 Å². The molecular weight excluding hydrogens is 211 g/mol. The summed E-state index contributed by atoms with van der Waals surface area (Å²) < 4.78 is 0. The summed E-state index contributed by atoms with van der Waals surface area (Å²) in [5.74, 6) is -0.833. The van der Waals surface area contributed by atoms with Gasteiger partial charge in [-0.25, -0.2) is 0 Å². The number of carboxylic acid groups (broad SMARTS) is 1. The van der Waals surface area contributed by atoms with Gasteiger partial charge in [0.2, 0.25) is 0 Å². The largest absolute Gasteiger partial charge is 3.00 e. The summed E-state index contributed by atoms with van der Waals surface area (Å²) in [6, 6.07) is 0. The molecule has 0 aliphatic carbocycles. The Kier molecular flexibility index (Phi) is 24.3. The number of rotatable bonds is 0. The topological polar surface area (TPSA) is 68.8 Å². The van der Waals surface area contributed by atoms with Crippen molar-refractivity contribution in [2.75, 3.05) is 0 Å². The van der Waals surface area contributed by atoms with Gasteiger partial charge >= 0.3 is 35.6 Å². The molecule has 3 nitrogen and oxygen atoms in total. The van der Waals surface area contributed by atoms with Crippen LogP contribution in [0.2, 0.25) is 0 Å². The molecule has 3 N–H and O–H groups in total. The molecule has 0 saturated heterocycles. The maximum absolute atomic E-state index is 9.00. The third kappa shape index (κ3) is 156. The molecular formula is C2H6LaO3+3. The first-order chi connectivity index (χ1) is 1.73. The molecule has 32 valence electrons. The Morgan fingerprint density at radius 1 is 1.67 bits per heavy atom. The molecule has 0 saturated carbocycles. The number of aliphatic carboxylic acids is 1. The second-order valence-electron chi connectivity index (χ2n) is 0.519.